The monoisotopic (exact) mass is 857 g/mol. The van der Waals surface area contributed by atoms with E-state index in [9.17, 15) is 0 Å². The van der Waals surface area contributed by atoms with Crippen LogP contribution in [0, 0.1) is 0 Å². The van der Waals surface area contributed by atoms with E-state index in [1.54, 1.807) is 0 Å². The number of hydrogen-bond acceptors (Lipinski definition) is 3. The van der Waals surface area contributed by atoms with Crippen LogP contribution < -0.4 is 4.90 Å². The average Bonchev–Trinajstić information content (AvgIpc) is 4.05. The Bertz CT molecular complexity index is 3910. The van der Waals surface area contributed by atoms with Crippen LogP contribution in [-0.2, 0) is 10.8 Å². The molecule has 0 fully saturated rings. The average molecular weight is 858 g/mol. The van der Waals surface area contributed by atoms with Crippen molar-refractivity contribution in [3.05, 3.63) is 258 Å². The fourth-order valence-corrected chi connectivity index (χ4v) is 12.0. The molecular formula is C64H43NO2. The smallest absolute Gasteiger partial charge is 0.143 e. The molecule has 316 valence electrons. The molecule has 0 aliphatic heterocycles. The van der Waals surface area contributed by atoms with E-state index in [2.05, 4.69) is 225 Å². The minimum atomic E-state index is -0.449. The van der Waals surface area contributed by atoms with Crippen LogP contribution in [0.3, 0.4) is 0 Å². The maximum atomic E-state index is 6.47. The lowest BCUT2D eigenvalue weighted by Gasteiger charge is -2.46. The highest BCUT2D eigenvalue weighted by atomic mass is 16.3. The molecule has 0 amide bonds. The second kappa shape index (κ2) is 14.1. The van der Waals surface area contributed by atoms with Gasteiger partial charge in [0.1, 0.15) is 22.3 Å². The first kappa shape index (κ1) is 37.9. The lowest BCUT2D eigenvalue weighted by Crippen LogP contribution is -2.40. The maximum Gasteiger partial charge on any atom is 0.143 e. The molecule has 0 saturated heterocycles. The van der Waals surface area contributed by atoms with Crippen LogP contribution in [0.15, 0.2) is 233 Å². The van der Waals surface area contributed by atoms with Gasteiger partial charge in [-0.25, -0.2) is 0 Å². The van der Waals surface area contributed by atoms with Gasteiger partial charge in [-0.2, -0.15) is 0 Å². The summed E-state index contributed by atoms with van der Waals surface area (Å²) in [7, 11) is 0. The Morgan fingerprint density at radius 3 is 1.57 bits per heavy atom. The number of rotatable bonds is 5. The summed E-state index contributed by atoms with van der Waals surface area (Å²) in [6, 6.07) is 81.9. The molecule has 0 atom stereocenters. The van der Waals surface area contributed by atoms with Crippen molar-refractivity contribution in [1.29, 1.82) is 0 Å². The molecule has 0 unspecified atom stereocenters. The van der Waals surface area contributed by atoms with Crippen molar-refractivity contribution < 1.29 is 8.83 Å². The Kier molecular flexibility index (Phi) is 7.95. The summed E-state index contributed by atoms with van der Waals surface area (Å²) in [5.74, 6) is 0. The van der Waals surface area contributed by atoms with E-state index in [1.807, 2.05) is 18.2 Å². The van der Waals surface area contributed by atoms with Crippen LogP contribution in [0.25, 0.3) is 77.3 Å². The van der Waals surface area contributed by atoms with Crippen LogP contribution in [0.4, 0.5) is 17.1 Å². The van der Waals surface area contributed by atoms with Gasteiger partial charge in [-0.05, 0) is 116 Å². The molecule has 0 radical (unpaired) electrons. The summed E-state index contributed by atoms with van der Waals surface area (Å²) in [5.41, 5.74) is 21.4. The van der Waals surface area contributed by atoms with Gasteiger partial charge in [0.2, 0.25) is 0 Å². The predicted octanol–water partition coefficient (Wildman–Crippen LogP) is 17.3. The maximum absolute atomic E-state index is 6.47. The number of hydrogen-bond donors (Lipinski definition) is 0. The van der Waals surface area contributed by atoms with Crippen molar-refractivity contribution in [2.75, 3.05) is 4.90 Å². The highest BCUT2D eigenvalue weighted by Gasteiger charge is 2.53. The van der Waals surface area contributed by atoms with Crippen LogP contribution in [-0.4, -0.2) is 0 Å². The number of anilines is 3. The van der Waals surface area contributed by atoms with Crippen molar-refractivity contribution >= 4 is 60.9 Å². The molecule has 1 spiro atoms. The first-order valence-corrected chi connectivity index (χ1v) is 23.2. The third kappa shape index (κ3) is 5.28. The second-order valence-corrected chi connectivity index (χ2v) is 18.7. The predicted molar refractivity (Wildman–Crippen MR) is 276 cm³/mol. The van der Waals surface area contributed by atoms with E-state index in [0.717, 1.165) is 77.6 Å². The van der Waals surface area contributed by atoms with E-state index < -0.39 is 5.41 Å². The van der Waals surface area contributed by atoms with Gasteiger partial charge in [-0.3, -0.25) is 0 Å². The summed E-state index contributed by atoms with van der Waals surface area (Å²) < 4.78 is 12.9. The number of fused-ring (bicyclic) bond motifs is 15. The zero-order valence-corrected chi connectivity index (χ0v) is 37.1. The van der Waals surface area contributed by atoms with Crippen molar-refractivity contribution in [2.45, 2.75) is 24.7 Å². The van der Waals surface area contributed by atoms with Crippen molar-refractivity contribution in [1.82, 2.24) is 0 Å². The summed E-state index contributed by atoms with van der Waals surface area (Å²) in [6.45, 7) is 4.76. The number of para-hydroxylation sites is 3. The van der Waals surface area contributed by atoms with Gasteiger partial charge in [-0.1, -0.05) is 184 Å². The normalized spacial score (nSPS) is 14.1. The minimum Gasteiger partial charge on any atom is -0.456 e. The standard InChI is InChI=1S/C64H43NO2/c1-63(2)52-21-7-9-23-54(52)64(55-24-10-8-22-53(55)63)51-20-6-3-15-46(51)47-38-33-42(39-56(47)64)40-29-34-43(35-30-40)65(57-25-14-28-60-61(57)50-17-5-12-27-59(50)66-60)44-36-31-41(32-37-44)45-18-13-19-49-48-16-4-11-26-58(48)67-62(45)49/h3-39H,1-2H3. The molecule has 67 heavy (non-hydrogen) atoms. The summed E-state index contributed by atoms with van der Waals surface area (Å²) in [4.78, 5) is 2.37. The highest BCUT2D eigenvalue weighted by molar-refractivity contribution is 6.14. The second-order valence-electron chi connectivity index (χ2n) is 18.7. The molecule has 10 aromatic carbocycles. The SMILES string of the molecule is CC1(C)c2ccccc2C2(c3ccccc3-c3ccc(-c4ccc(N(c5ccc(-c6cccc7c6oc6ccccc67)cc5)c5cccc6oc7ccccc7c56)cc4)cc32)c2ccccc21. The molecular weight excluding hydrogens is 815 g/mol. The summed E-state index contributed by atoms with van der Waals surface area (Å²) in [5, 5.41) is 4.42. The van der Waals surface area contributed by atoms with E-state index in [-0.39, 0.29) is 5.41 Å². The zero-order valence-electron chi connectivity index (χ0n) is 37.1. The first-order valence-electron chi connectivity index (χ1n) is 23.2. The molecule has 0 bridgehead atoms. The van der Waals surface area contributed by atoms with Gasteiger partial charge in [0, 0.05) is 38.5 Å². The molecule has 2 aliphatic carbocycles. The molecule has 0 saturated carbocycles. The Morgan fingerprint density at radius 2 is 0.851 bits per heavy atom. The lowest BCUT2D eigenvalue weighted by molar-refractivity contribution is 0.563. The fourth-order valence-electron chi connectivity index (χ4n) is 12.0. The van der Waals surface area contributed by atoms with E-state index in [0.29, 0.717) is 0 Å². The van der Waals surface area contributed by atoms with E-state index in [1.165, 1.54) is 50.1 Å². The molecule has 14 rings (SSSR count). The summed E-state index contributed by atoms with van der Waals surface area (Å²) in [6.07, 6.45) is 0. The van der Waals surface area contributed by atoms with Crippen LogP contribution in [0.2, 0.25) is 0 Å². The molecule has 3 nitrogen and oxygen atoms in total. The third-order valence-electron chi connectivity index (χ3n) is 15.0. The lowest BCUT2D eigenvalue weighted by atomic mass is 9.55. The van der Waals surface area contributed by atoms with Crippen LogP contribution in [0.1, 0.15) is 47.2 Å². The number of furan rings is 2. The van der Waals surface area contributed by atoms with Crippen LogP contribution in [0.5, 0.6) is 0 Å². The van der Waals surface area contributed by atoms with Crippen LogP contribution >= 0.6 is 0 Å². The van der Waals surface area contributed by atoms with Gasteiger partial charge in [0.25, 0.3) is 0 Å². The van der Waals surface area contributed by atoms with Crippen molar-refractivity contribution in [2.24, 2.45) is 0 Å². The Hall–Kier alpha value is -8.40. The molecule has 2 aliphatic rings. The largest absolute Gasteiger partial charge is 0.456 e. The van der Waals surface area contributed by atoms with Gasteiger partial charge in [0.05, 0.1) is 16.5 Å². The molecule has 2 aromatic heterocycles. The van der Waals surface area contributed by atoms with Gasteiger partial charge in [-0.15, -0.1) is 0 Å². The van der Waals surface area contributed by atoms with Gasteiger partial charge in [0.15, 0.2) is 0 Å². The number of nitrogens with zero attached hydrogens (tertiary/aromatic N) is 1. The quantitative estimate of drug-likeness (QED) is 0.173. The Labute approximate surface area is 388 Å². The molecule has 2 heterocycles. The Morgan fingerprint density at radius 1 is 0.343 bits per heavy atom. The zero-order chi connectivity index (χ0) is 44.4. The first-order chi connectivity index (χ1) is 33.0. The van der Waals surface area contributed by atoms with E-state index >= 15 is 0 Å². The van der Waals surface area contributed by atoms with E-state index in [4.69, 9.17) is 8.83 Å². The molecule has 0 N–H and O–H groups in total. The van der Waals surface area contributed by atoms with Crippen molar-refractivity contribution in [3.63, 3.8) is 0 Å². The van der Waals surface area contributed by atoms with Gasteiger partial charge < -0.3 is 13.7 Å². The van der Waals surface area contributed by atoms with Gasteiger partial charge >= 0.3 is 0 Å². The Balaban J connectivity index is 0.918. The third-order valence-corrected chi connectivity index (χ3v) is 15.0. The topological polar surface area (TPSA) is 29.5 Å². The molecule has 12 aromatic rings. The highest BCUT2D eigenvalue weighted by Crippen LogP contribution is 2.62. The number of benzene rings is 10. The fraction of sp³-hybridized carbons (Fsp3) is 0.0625. The molecule has 3 heteroatoms. The summed E-state index contributed by atoms with van der Waals surface area (Å²) >= 11 is 0. The van der Waals surface area contributed by atoms with Crippen molar-refractivity contribution in [3.8, 4) is 33.4 Å². The minimum absolute atomic E-state index is 0.147.